The molecule has 1 saturated carbocycles. The van der Waals surface area contributed by atoms with E-state index in [1.807, 2.05) is 0 Å². The van der Waals surface area contributed by atoms with E-state index in [1.54, 1.807) is 0 Å². The minimum Gasteiger partial charge on any atom is -0.393 e. The Labute approximate surface area is 96.2 Å². The van der Waals surface area contributed by atoms with Crippen molar-refractivity contribution in [1.82, 2.24) is 5.32 Å². The summed E-state index contributed by atoms with van der Waals surface area (Å²) in [6.45, 7) is 0.707. The summed E-state index contributed by atoms with van der Waals surface area (Å²) in [6, 6.07) is 0. The second-order valence-corrected chi connectivity index (χ2v) is 4.66. The fourth-order valence-electron chi connectivity index (χ4n) is 2.02. The van der Waals surface area contributed by atoms with Crippen molar-refractivity contribution in [2.75, 3.05) is 12.4 Å². The Morgan fingerprint density at radius 3 is 2.93 bits per heavy atom. The molecule has 1 aliphatic carbocycles. The third kappa shape index (κ3) is 5.38. The molecule has 88 valence electrons. The van der Waals surface area contributed by atoms with E-state index in [-0.39, 0.29) is 12.0 Å². The van der Waals surface area contributed by atoms with Crippen LogP contribution in [0.1, 0.15) is 38.5 Å². The summed E-state index contributed by atoms with van der Waals surface area (Å²) in [6.07, 6.45) is 5.02. The quantitative estimate of drug-likeness (QED) is 0.710. The second kappa shape index (κ2) is 7.07. The van der Waals surface area contributed by atoms with Gasteiger partial charge in [-0.1, -0.05) is 6.42 Å². The summed E-state index contributed by atoms with van der Waals surface area (Å²) in [5.41, 5.74) is 0. The minimum absolute atomic E-state index is 0.0794. The van der Waals surface area contributed by atoms with Crippen LogP contribution < -0.4 is 5.32 Å². The Morgan fingerprint density at radius 2 is 2.27 bits per heavy atom. The molecule has 0 aliphatic heterocycles. The first-order chi connectivity index (χ1) is 7.22. The first kappa shape index (κ1) is 12.8. The zero-order valence-electron chi connectivity index (χ0n) is 9.04. The van der Waals surface area contributed by atoms with E-state index in [9.17, 15) is 9.90 Å². The predicted octanol–water partition coefficient (Wildman–Crippen LogP) is 1.67. The van der Waals surface area contributed by atoms with Crippen molar-refractivity contribution in [2.24, 2.45) is 5.92 Å². The number of aliphatic hydroxyl groups excluding tert-OH is 1. The van der Waals surface area contributed by atoms with Crippen molar-refractivity contribution in [3.63, 3.8) is 0 Å². The second-order valence-electron chi connectivity index (χ2n) is 4.28. The number of rotatable bonds is 5. The Kier molecular flexibility index (Phi) is 6.03. The Morgan fingerprint density at radius 1 is 1.47 bits per heavy atom. The molecule has 0 spiro atoms. The molecule has 2 atom stereocenters. The molecule has 1 amide bonds. The summed E-state index contributed by atoms with van der Waals surface area (Å²) in [4.78, 5) is 11.3. The van der Waals surface area contributed by atoms with Crippen LogP contribution in [0.3, 0.4) is 0 Å². The molecule has 15 heavy (non-hydrogen) atoms. The summed E-state index contributed by atoms with van der Waals surface area (Å²) in [5, 5.41) is 12.4. The van der Waals surface area contributed by atoms with Gasteiger partial charge < -0.3 is 10.4 Å². The lowest BCUT2D eigenvalue weighted by Gasteiger charge is -2.25. The molecule has 4 heteroatoms. The zero-order chi connectivity index (χ0) is 11.1. The maximum absolute atomic E-state index is 11.3. The Balaban J connectivity index is 2.10. The van der Waals surface area contributed by atoms with Crippen LogP contribution in [0.25, 0.3) is 0 Å². The highest BCUT2D eigenvalue weighted by molar-refractivity contribution is 6.17. The van der Waals surface area contributed by atoms with E-state index in [0.717, 1.165) is 32.1 Å². The molecular weight excluding hydrogens is 214 g/mol. The third-order valence-electron chi connectivity index (χ3n) is 2.88. The van der Waals surface area contributed by atoms with Gasteiger partial charge in [0.2, 0.25) is 5.91 Å². The van der Waals surface area contributed by atoms with E-state index >= 15 is 0 Å². The molecule has 0 bridgehead atoms. The lowest BCUT2D eigenvalue weighted by atomic mass is 9.87. The molecular formula is C11H20ClNO2. The number of aliphatic hydroxyl groups is 1. The van der Waals surface area contributed by atoms with Crippen LogP contribution in [0.4, 0.5) is 0 Å². The van der Waals surface area contributed by atoms with Crippen molar-refractivity contribution in [1.29, 1.82) is 0 Å². The molecule has 0 aromatic heterocycles. The number of nitrogens with one attached hydrogen (secondary N) is 1. The van der Waals surface area contributed by atoms with Crippen LogP contribution in [0.5, 0.6) is 0 Å². The van der Waals surface area contributed by atoms with Crippen LogP contribution in [-0.2, 0) is 4.79 Å². The van der Waals surface area contributed by atoms with E-state index < -0.39 is 0 Å². The normalized spacial score (nSPS) is 26.3. The summed E-state index contributed by atoms with van der Waals surface area (Å²) < 4.78 is 0. The van der Waals surface area contributed by atoms with Gasteiger partial charge in [0.1, 0.15) is 0 Å². The first-order valence-corrected chi connectivity index (χ1v) is 6.26. The Bertz CT molecular complexity index is 199. The van der Waals surface area contributed by atoms with Gasteiger partial charge in [0.05, 0.1) is 6.10 Å². The van der Waals surface area contributed by atoms with Crippen LogP contribution in [-0.4, -0.2) is 29.5 Å². The number of hydrogen-bond donors (Lipinski definition) is 2. The molecule has 2 N–H and O–H groups in total. The van der Waals surface area contributed by atoms with Gasteiger partial charge in [-0.3, -0.25) is 4.79 Å². The molecule has 0 heterocycles. The highest BCUT2D eigenvalue weighted by atomic mass is 35.5. The molecule has 1 fully saturated rings. The maximum atomic E-state index is 11.3. The van der Waals surface area contributed by atoms with E-state index in [2.05, 4.69) is 5.32 Å². The van der Waals surface area contributed by atoms with E-state index in [1.165, 1.54) is 0 Å². The fraction of sp³-hybridized carbons (Fsp3) is 0.909. The summed E-state index contributed by atoms with van der Waals surface area (Å²) in [7, 11) is 0. The zero-order valence-corrected chi connectivity index (χ0v) is 9.80. The van der Waals surface area contributed by atoms with Crippen LogP contribution in [0, 0.1) is 5.92 Å². The molecule has 0 saturated heterocycles. The SMILES string of the molecule is O=C(CCCCl)NCC1CCCC(O)C1. The Hall–Kier alpha value is -0.280. The van der Waals surface area contributed by atoms with Crippen molar-refractivity contribution in [3.8, 4) is 0 Å². The van der Waals surface area contributed by atoms with Crippen molar-refractivity contribution in [2.45, 2.75) is 44.6 Å². The molecule has 3 nitrogen and oxygen atoms in total. The van der Waals surface area contributed by atoms with E-state index in [4.69, 9.17) is 11.6 Å². The van der Waals surface area contributed by atoms with Gasteiger partial charge in [-0.05, 0) is 31.6 Å². The highest BCUT2D eigenvalue weighted by Crippen LogP contribution is 2.23. The van der Waals surface area contributed by atoms with Crippen LogP contribution in [0.15, 0.2) is 0 Å². The number of carbonyl (C=O) groups is 1. The minimum atomic E-state index is -0.163. The first-order valence-electron chi connectivity index (χ1n) is 5.73. The number of alkyl halides is 1. The summed E-state index contributed by atoms with van der Waals surface area (Å²) >= 11 is 5.50. The van der Waals surface area contributed by atoms with Crippen molar-refractivity contribution < 1.29 is 9.90 Å². The average molecular weight is 234 g/mol. The molecule has 2 unspecified atom stereocenters. The average Bonchev–Trinajstić information content (AvgIpc) is 2.23. The number of hydrogen-bond acceptors (Lipinski definition) is 2. The fourth-order valence-corrected chi connectivity index (χ4v) is 2.16. The number of carbonyl (C=O) groups excluding carboxylic acids is 1. The van der Waals surface area contributed by atoms with Crippen LogP contribution in [0.2, 0.25) is 0 Å². The lowest BCUT2D eigenvalue weighted by molar-refractivity contribution is -0.121. The number of halogens is 1. The van der Waals surface area contributed by atoms with Crippen molar-refractivity contribution >= 4 is 17.5 Å². The van der Waals surface area contributed by atoms with Gasteiger partial charge >= 0.3 is 0 Å². The molecule has 0 aromatic rings. The molecule has 1 aliphatic rings. The smallest absolute Gasteiger partial charge is 0.220 e. The topological polar surface area (TPSA) is 49.3 Å². The van der Waals surface area contributed by atoms with Crippen molar-refractivity contribution in [3.05, 3.63) is 0 Å². The summed E-state index contributed by atoms with van der Waals surface area (Å²) in [5.74, 6) is 1.07. The van der Waals surface area contributed by atoms with E-state index in [0.29, 0.717) is 24.8 Å². The van der Waals surface area contributed by atoms with Gasteiger partial charge in [0.25, 0.3) is 0 Å². The van der Waals surface area contributed by atoms with Gasteiger partial charge in [-0.15, -0.1) is 11.6 Å². The largest absolute Gasteiger partial charge is 0.393 e. The van der Waals surface area contributed by atoms with Gasteiger partial charge in [-0.2, -0.15) is 0 Å². The maximum Gasteiger partial charge on any atom is 0.220 e. The standard InChI is InChI=1S/C11H20ClNO2/c12-6-2-5-11(15)13-8-9-3-1-4-10(14)7-9/h9-10,14H,1-8H2,(H,13,15). The van der Waals surface area contributed by atoms with Gasteiger partial charge in [0.15, 0.2) is 0 Å². The molecule has 1 rings (SSSR count). The van der Waals surface area contributed by atoms with Gasteiger partial charge in [-0.25, -0.2) is 0 Å². The monoisotopic (exact) mass is 233 g/mol. The third-order valence-corrected chi connectivity index (χ3v) is 3.15. The highest BCUT2D eigenvalue weighted by Gasteiger charge is 2.20. The van der Waals surface area contributed by atoms with Crippen LogP contribution >= 0.6 is 11.6 Å². The number of amides is 1. The van der Waals surface area contributed by atoms with Gasteiger partial charge in [0, 0.05) is 18.8 Å². The molecule has 0 radical (unpaired) electrons. The molecule has 0 aromatic carbocycles. The lowest BCUT2D eigenvalue weighted by Crippen LogP contribution is -2.32. The predicted molar refractivity (Wildman–Crippen MR) is 60.9 cm³/mol.